The number of nitrogens with one attached hydrogen (secondary N) is 2. The van der Waals surface area contributed by atoms with Crippen molar-refractivity contribution in [1.29, 1.82) is 0 Å². The van der Waals surface area contributed by atoms with Gasteiger partial charge in [-0.3, -0.25) is 0 Å². The number of aliphatic hydroxyl groups is 1. The third-order valence-electron chi connectivity index (χ3n) is 2.19. The molecule has 0 aliphatic rings. The normalized spacial score (nSPS) is 11.9. The van der Waals surface area contributed by atoms with Crippen LogP contribution in [0.25, 0.3) is 11.0 Å². The highest BCUT2D eigenvalue weighted by Crippen LogP contribution is 2.17. The second-order valence-corrected chi connectivity index (χ2v) is 4.53. The summed E-state index contributed by atoms with van der Waals surface area (Å²) in [6.45, 7) is 3.91. The second-order valence-electron chi connectivity index (χ2n) is 4.53. The summed E-state index contributed by atoms with van der Waals surface area (Å²) in [6.07, 6.45) is 0. The summed E-state index contributed by atoms with van der Waals surface area (Å²) in [6, 6.07) is 5.50. The van der Waals surface area contributed by atoms with E-state index in [-0.39, 0.29) is 0 Å². The monoisotopic (exact) mass is 220 g/mol. The Kier molecular flexibility index (Phi) is 2.47. The lowest BCUT2D eigenvalue weighted by Crippen LogP contribution is -2.29. The van der Waals surface area contributed by atoms with E-state index in [9.17, 15) is 5.11 Å². The highest BCUT2D eigenvalue weighted by Gasteiger charge is 2.12. The van der Waals surface area contributed by atoms with Gasteiger partial charge in [-0.25, -0.2) is 4.98 Å². The van der Waals surface area contributed by atoms with Gasteiger partial charge in [0.15, 0.2) is 0 Å². The van der Waals surface area contributed by atoms with Crippen LogP contribution >= 0.6 is 0 Å². The molecule has 5 nitrogen and oxygen atoms in total. The molecule has 0 aliphatic carbocycles. The van der Waals surface area contributed by atoms with Crippen LogP contribution in [0.15, 0.2) is 18.2 Å². The summed E-state index contributed by atoms with van der Waals surface area (Å²) >= 11 is 0. The molecule has 0 aliphatic heterocycles. The number of aromatic amines is 1. The molecule has 1 aromatic carbocycles. The van der Waals surface area contributed by atoms with Gasteiger partial charge in [0.1, 0.15) is 0 Å². The number of nitrogen functional groups attached to an aromatic ring is 1. The first-order valence-electron chi connectivity index (χ1n) is 5.15. The first kappa shape index (κ1) is 10.8. The average Bonchev–Trinajstić information content (AvgIpc) is 2.55. The van der Waals surface area contributed by atoms with Crippen molar-refractivity contribution in [2.75, 3.05) is 17.6 Å². The first-order chi connectivity index (χ1) is 7.44. The van der Waals surface area contributed by atoms with Crippen LogP contribution in [0.3, 0.4) is 0 Å². The Morgan fingerprint density at radius 1 is 1.50 bits per heavy atom. The molecule has 0 bridgehead atoms. The maximum atomic E-state index is 9.57. The zero-order valence-corrected chi connectivity index (χ0v) is 9.41. The van der Waals surface area contributed by atoms with Gasteiger partial charge in [0.25, 0.3) is 0 Å². The molecule has 5 heteroatoms. The molecule has 2 rings (SSSR count). The summed E-state index contributed by atoms with van der Waals surface area (Å²) in [4.78, 5) is 7.42. The molecule has 2 aromatic rings. The van der Waals surface area contributed by atoms with Crippen molar-refractivity contribution in [2.24, 2.45) is 0 Å². The minimum absolute atomic E-state index is 0.433. The van der Waals surface area contributed by atoms with E-state index in [0.29, 0.717) is 18.2 Å². The lowest BCUT2D eigenvalue weighted by atomic mass is 10.1. The van der Waals surface area contributed by atoms with Crippen LogP contribution in [0.4, 0.5) is 11.6 Å². The van der Waals surface area contributed by atoms with Gasteiger partial charge >= 0.3 is 0 Å². The van der Waals surface area contributed by atoms with Gasteiger partial charge in [0.2, 0.25) is 5.95 Å². The van der Waals surface area contributed by atoms with E-state index in [2.05, 4.69) is 15.3 Å². The van der Waals surface area contributed by atoms with E-state index < -0.39 is 5.60 Å². The molecule has 16 heavy (non-hydrogen) atoms. The van der Waals surface area contributed by atoms with Crippen LogP contribution in [0.5, 0.6) is 0 Å². The van der Waals surface area contributed by atoms with Gasteiger partial charge in [-0.2, -0.15) is 0 Å². The van der Waals surface area contributed by atoms with Crippen molar-refractivity contribution in [3.05, 3.63) is 18.2 Å². The second kappa shape index (κ2) is 3.68. The fourth-order valence-electron chi connectivity index (χ4n) is 1.41. The van der Waals surface area contributed by atoms with Gasteiger partial charge in [0, 0.05) is 12.2 Å². The standard InChI is InChI=1S/C11H16N4O/c1-11(2,16)6-13-10-14-8-4-3-7(12)5-9(8)15-10/h3-5,16H,6,12H2,1-2H3,(H2,13,14,15). The number of aromatic nitrogens is 2. The summed E-state index contributed by atoms with van der Waals surface area (Å²) in [7, 11) is 0. The smallest absolute Gasteiger partial charge is 0.201 e. The van der Waals surface area contributed by atoms with Gasteiger partial charge in [-0.1, -0.05) is 0 Å². The number of anilines is 2. The summed E-state index contributed by atoms with van der Waals surface area (Å²) in [5.74, 6) is 0.641. The van der Waals surface area contributed by atoms with Crippen molar-refractivity contribution in [3.8, 4) is 0 Å². The molecule has 0 spiro atoms. The van der Waals surface area contributed by atoms with Gasteiger partial charge < -0.3 is 21.1 Å². The fourth-order valence-corrected chi connectivity index (χ4v) is 1.41. The van der Waals surface area contributed by atoms with Gasteiger partial charge in [0.05, 0.1) is 16.6 Å². The zero-order valence-electron chi connectivity index (χ0n) is 9.41. The van der Waals surface area contributed by atoms with Crippen LogP contribution < -0.4 is 11.1 Å². The number of rotatable bonds is 3. The highest BCUT2D eigenvalue weighted by molar-refractivity contribution is 5.80. The molecule has 0 saturated carbocycles. The molecule has 0 atom stereocenters. The number of nitrogens with zero attached hydrogens (tertiary/aromatic N) is 1. The quantitative estimate of drug-likeness (QED) is 0.588. The summed E-state index contributed by atoms with van der Waals surface area (Å²) < 4.78 is 0. The average molecular weight is 220 g/mol. The number of hydrogen-bond acceptors (Lipinski definition) is 4. The molecule has 86 valence electrons. The molecule has 1 aromatic heterocycles. The zero-order chi connectivity index (χ0) is 11.8. The minimum atomic E-state index is -0.766. The minimum Gasteiger partial charge on any atom is -0.399 e. The van der Waals surface area contributed by atoms with E-state index in [4.69, 9.17) is 5.73 Å². The molecule has 1 heterocycles. The van der Waals surface area contributed by atoms with Crippen LogP contribution in [0, 0.1) is 0 Å². The Morgan fingerprint density at radius 3 is 2.94 bits per heavy atom. The van der Waals surface area contributed by atoms with E-state index in [1.165, 1.54) is 0 Å². The Balaban J connectivity index is 2.20. The van der Waals surface area contributed by atoms with Crippen LogP contribution in [-0.4, -0.2) is 27.2 Å². The topological polar surface area (TPSA) is 87.0 Å². The molecule has 0 unspecified atom stereocenters. The van der Waals surface area contributed by atoms with Crippen molar-refractivity contribution in [3.63, 3.8) is 0 Å². The Morgan fingerprint density at radius 2 is 2.25 bits per heavy atom. The number of hydrogen-bond donors (Lipinski definition) is 4. The predicted molar refractivity (Wildman–Crippen MR) is 65.3 cm³/mol. The molecule has 0 fully saturated rings. The molecular weight excluding hydrogens is 204 g/mol. The van der Waals surface area contributed by atoms with Gasteiger partial charge in [-0.05, 0) is 32.0 Å². The molecule has 0 saturated heterocycles. The van der Waals surface area contributed by atoms with E-state index >= 15 is 0 Å². The van der Waals surface area contributed by atoms with Crippen molar-refractivity contribution in [1.82, 2.24) is 9.97 Å². The lowest BCUT2D eigenvalue weighted by molar-refractivity contribution is 0.0943. The summed E-state index contributed by atoms with van der Waals surface area (Å²) in [5, 5.41) is 12.6. The molecule has 5 N–H and O–H groups in total. The van der Waals surface area contributed by atoms with E-state index in [1.54, 1.807) is 13.8 Å². The maximum absolute atomic E-state index is 9.57. The number of fused-ring (bicyclic) bond motifs is 1. The summed E-state index contributed by atoms with van der Waals surface area (Å²) in [5.41, 5.74) is 7.34. The Hall–Kier alpha value is -1.75. The SMILES string of the molecule is CC(C)(O)CNc1nc2ccc(N)cc2[nH]1. The number of benzene rings is 1. The number of H-pyrrole nitrogens is 1. The van der Waals surface area contributed by atoms with Crippen molar-refractivity contribution < 1.29 is 5.11 Å². The number of nitrogens with two attached hydrogens (primary N) is 1. The van der Waals surface area contributed by atoms with Crippen molar-refractivity contribution in [2.45, 2.75) is 19.4 Å². The van der Waals surface area contributed by atoms with Gasteiger partial charge in [-0.15, -0.1) is 0 Å². The predicted octanol–water partition coefficient (Wildman–Crippen LogP) is 1.33. The Bertz CT molecular complexity index is 498. The third kappa shape index (κ3) is 2.43. The number of imidazole rings is 1. The Labute approximate surface area is 93.7 Å². The van der Waals surface area contributed by atoms with Crippen LogP contribution in [0.2, 0.25) is 0 Å². The molecular formula is C11H16N4O. The fraction of sp³-hybridized carbons (Fsp3) is 0.364. The maximum Gasteiger partial charge on any atom is 0.201 e. The molecule has 0 amide bonds. The third-order valence-corrected chi connectivity index (χ3v) is 2.19. The van der Waals surface area contributed by atoms with Crippen molar-refractivity contribution >= 4 is 22.7 Å². The largest absolute Gasteiger partial charge is 0.399 e. The lowest BCUT2D eigenvalue weighted by Gasteiger charge is -2.16. The van der Waals surface area contributed by atoms with Crippen LogP contribution in [0.1, 0.15) is 13.8 Å². The highest BCUT2D eigenvalue weighted by atomic mass is 16.3. The van der Waals surface area contributed by atoms with E-state index in [1.807, 2.05) is 18.2 Å². The first-order valence-corrected chi connectivity index (χ1v) is 5.15. The van der Waals surface area contributed by atoms with Crippen LogP contribution in [-0.2, 0) is 0 Å². The molecule has 0 radical (unpaired) electrons. The van der Waals surface area contributed by atoms with E-state index in [0.717, 1.165) is 11.0 Å².